The van der Waals surface area contributed by atoms with Gasteiger partial charge in [0.2, 0.25) is 0 Å². The highest BCUT2D eigenvalue weighted by Crippen LogP contribution is 2.54. The number of aliphatic hydroxyl groups excluding tert-OH is 1. The molecule has 0 aromatic carbocycles. The Hall–Kier alpha value is -2.07. The predicted molar refractivity (Wildman–Crippen MR) is 282 cm³/mol. The Bertz CT molecular complexity index is 2090. The van der Waals surface area contributed by atoms with E-state index in [1.165, 1.54) is 7.11 Å². The van der Waals surface area contributed by atoms with Crippen LogP contribution in [0.2, 0.25) is 0 Å². The Morgan fingerprint density at radius 3 is 2.21 bits per heavy atom. The van der Waals surface area contributed by atoms with Crippen molar-refractivity contribution in [2.75, 3.05) is 21.3 Å². The van der Waals surface area contributed by atoms with Gasteiger partial charge in [0.05, 0.1) is 73.8 Å². The van der Waals surface area contributed by atoms with Gasteiger partial charge in [0.25, 0.3) is 0 Å². The normalized spacial score (nSPS) is 45.9. The van der Waals surface area contributed by atoms with Gasteiger partial charge in [0, 0.05) is 77.4 Å². The molecule has 0 aromatic rings. The van der Waals surface area contributed by atoms with Crippen LogP contribution in [0.5, 0.6) is 0 Å². The molecule has 0 aliphatic carbocycles. The van der Waals surface area contributed by atoms with Gasteiger partial charge >= 0.3 is 11.9 Å². The smallest absolute Gasteiger partial charge is 0.335 e. The third-order valence-electron chi connectivity index (χ3n) is 17.9. The molecule has 0 amide bonds. The lowest BCUT2D eigenvalue weighted by Gasteiger charge is -2.54. The minimum absolute atomic E-state index is 0.0237. The van der Waals surface area contributed by atoms with Gasteiger partial charge < -0.3 is 71.4 Å². The van der Waals surface area contributed by atoms with Crippen molar-refractivity contribution in [2.45, 2.75) is 284 Å². The fraction of sp³-hybridized carbons (Fsp3) is 0.864. The zero-order valence-corrected chi connectivity index (χ0v) is 48.2. The van der Waals surface area contributed by atoms with E-state index >= 15 is 0 Å². The predicted octanol–water partition coefficient (Wildman–Crippen LogP) is 9.20. The number of halogens is 1. The summed E-state index contributed by atoms with van der Waals surface area (Å²) in [6.45, 7) is 14.4. The lowest BCUT2D eigenvalue weighted by Crippen LogP contribution is -2.61. The Kier molecular flexibility index (Phi) is 19.2. The highest BCUT2D eigenvalue weighted by molar-refractivity contribution is 6.21. The summed E-state index contributed by atoms with van der Waals surface area (Å²) >= 11 is 7.34. The highest BCUT2D eigenvalue weighted by atomic mass is 35.5. The number of methoxy groups -OCH3 is 3. The molecule has 1 unspecified atom stereocenters. The van der Waals surface area contributed by atoms with Gasteiger partial charge in [0.15, 0.2) is 35.0 Å². The number of rotatable bonds is 9. The van der Waals surface area contributed by atoms with E-state index in [1.54, 1.807) is 20.3 Å². The van der Waals surface area contributed by atoms with E-state index in [1.807, 2.05) is 45.9 Å². The molecule has 0 radical (unpaired) electrons. The molecular formula is C59H91ClO17. The van der Waals surface area contributed by atoms with E-state index in [4.69, 9.17) is 73.2 Å². The molecule has 8 saturated heterocycles. The number of fused-ring (bicyclic) bond motifs is 10. The van der Waals surface area contributed by atoms with E-state index < -0.39 is 76.9 Å². The van der Waals surface area contributed by atoms with Gasteiger partial charge in [-0.3, -0.25) is 4.79 Å². The molecule has 17 nitrogen and oxygen atoms in total. The van der Waals surface area contributed by atoms with Gasteiger partial charge in [-0.25, -0.2) is 4.79 Å². The number of hydrogen-bond donors (Lipinski definition) is 1. The maximum atomic E-state index is 14.2. The number of esters is 2. The van der Waals surface area contributed by atoms with Crippen molar-refractivity contribution in [1.82, 2.24) is 0 Å². The Morgan fingerprint density at radius 2 is 1.44 bits per heavy atom. The van der Waals surface area contributed by atoms with Crippen LogP contribution >= 0.6 is 11.6 Å². The van der Waals surface area contributed by atoms with Crippen molar-refractivity contribution in [3.63, 3.8) is 0 Å². The zero-order chi connectivity index (χ0) is 54.9. The van der Waals surface area contributed by atoms with Crippen LogP contribution in [0, 0.1) is 17.8 Å². The number of carbonyl (C=O) groups is 2. The van der Waals surface area contributed by atoms with Gasteiger partial charge in [-0.1, -0.05) is 51.2 Å². The minimum atomic E-state index is -1.22. The summed E-state index contributed by atoms with van der Waals surface area (Å²) in [6, 6.07) is 0. The van der Waals surface area contributed by atoms with Crippen molar-refractivity contribution in [2.24, 2.45) is 17.8 Å². The number of hydrogen-bond acceptors (Lipinski definition) is 17. The maximum absolute atomic E-state index is 14.2. The van der Waals surface area contributed by atoms with E-state index in [9.17, 15) is 14.7 Å². The molecule has 77 heavy (non-hydrogen) atoms. The van der Waals surface area contributed by atoms with E-state index in [0.29, 0.717) is 77.0 Å². The second-order valence-corrected chi connectivity index (χ2v) is 25.2. The van der Waals surface area contributed by atoms with E-state index in [-0.39, 0.29) is 85.4 Å². The van der Waals surface area contributed by atoms with Crippen molar-refractivity contribution in [1.29, 1.82) is 0 Å². The summed E-state index contributed by atoms with van der Waals surface area (Å²) in [4.78, 5) is 25.9. The number of ether oxygens (including phenoxy) is 14. The van der Waals surface area contributed by atoms with Crippen molar-refractivity contribution >= 4 is 23.5 Å². The summed E-state index contributed by atoms with van der Waals surface area (Å²) in [5.74, 6) is -5.92. The molecule has 0 aromatic heterocycles. The monoisotopic (exact) mass is 1110 g/mol. The van der Waals surface area contributed by atoms with Crippen molar-refractivity contribution in [3.05, 3.63) is 36.5 Å². The second kappa shape index (κ2) is 24.8. The molecule has 8 fully saturated rings. The van der Waals surface area contributed by atoms with E-state index in [2.05, 4.69) is 37.7 Å². The average Bonchev–Trinajstić information content (AvgIpc) is 3.91. The molecule has 3 spiro atoms. The first kappa shape index (κ1) is 59.5. The van der Waals surface area contributed by atoms with Crippen LogP contribution in [0.25, 0.3) is 0 Å². The fourth-order valence-corrected chi connectivity index (χ4v) is 14.2. The molecule has 11 bridgehead atoms. The highest BCUT2D eigenvalue weighted by Gasteiger charge is 2.62. The Balaban J connectivity index is 0.994. The van der Waals surface area contributed by atoms with Crippen molar-refractivity contribution < 1.29 is 81.0 Å². The summed E-state index contributed by atoms with van der Waals surface area (Å²) < 4.78 is 93.1. The largest absolute Gasteiger partial charge is 0.467 e. The number of aliphatic hydroxyl groups is 1. The first-order chi connectivity index (χ1) is 36.6. The third kappa shape index (κ3) is 14.1. The van der Waals surface area contributed by atoms with Gasteiger partial charge in [-0.05, 0) is 97.5 Å². The lowest BCUT2D eigenvalue weighted by molar-refractivity contribution is -0.413. The van der Waals surface area contributed by atoms with Crippen LogP contribution in [0.3, 0.4) is 0 Å². The van der Waals surface area contributed by atoms with Crippen LogP contribution < -0.4 is 0 Å². The van der Waals surface area contributed by atoms with E-state index in [0.717, 1.165) is 25.7 Å². The SMILES string of the molecule is COC(=O)C(O)C/C=C\C/C=C/C[C@@H]1O[C@@]23C[C@@H]1OC(=O)C[C@H]1CCC[C@@H](C[C@@H]4C[C@@H](C[C@H]5O[C@]6(C=C[C@@H]5C)CC[C@H](OC)[C@@H](O6)[C@H]5OC(C)(C)O[C@H]5[C@@H](C)CC[C@H]5O[C@@](CC[C@@H]2C)(C[C@@H](OC)[C@@H]5Cl)O3)OC(C)(C)O4)O1. The van der Waals surface area contributed by atoms with Crippen LogP contribution in [-0.4, -0.2) is 158 Å². The number of allylic oxidation sites excluding steroid dienone is 2. The topological polar surface area (TPSA) is 184 Å². The molecule has 1 N–H and O–H groups in total. The molecule has 9 heterocycles. The van der Waals surface area contributed by atoms with Gasteiger partial charge in [-0.2, -0.15) is 0 Å². The van der Waals surface area contributed by atoms with Crippen LogP contribution in [0.15, 0.2) is 36.5 Å². The van der Waals surface area contributed by atoms with Gasteiger partial charge in [-0.15, -0.1) is 11.6 Å². The molecule has 9 aliphatic heterocycles. The third-order valence-corrected chi connectivity index (χ3v) is 18.5. The van der Waals surface area contributed by atoms with Crippen LogP contribution in [0.4, 0.5) is 0 Å². The van der Waals surface area contributed by atoms with Gasteiger partial charge in [0.1, 0.15) is 24.4 Å². The Labute approximate surface area is 462 Å². The fourth-order valence-electron chi connectivity index (χ4n) is 13.9. The second-order valence-electron chi connectivity index (χ2n) is 24.7. The standard InChI is InChI=1S/C59H91ClO17/c1-35-23-26-57-28-25-45(64-8)52(76-57)53-51(74-56(6,7)75-53)36(2)21-22-44-50(60)48(65-9)33-58(71-44)27-24-37(3)59(77-58)34-47(43(73-59)20-15-13-11-12-14-19-42(61)54(63)66-10)68-49(62)32-39-18-16-17-38(67-39)29-40-30-41(31-46(35)72-57)70-55(4,5)69-40/h12-15,23,26,35-48,50-53,61H,11,16-22,24-25,27-34H2,1-10H3/b14-12-,15-13+/t35-,36-,37-,38-,39+,40+,41-,42?,43-,44+,45-,46+,47-,48+,50+,51-,52+,53-,57-,58+,59+/m0/s1. The summed E-state index contributed by atoms with van der Waals surface area (Å²) in [5.41, 5.74) is 0. The van der Waals surface area contributed by atoms with Crippen molar-refractivity contribution in [3.8, 4) is 0 Å². The van der Waals surface area contributed by atoms with Crippen LogP contribution in [0.1, 0.15) is 164 Å². The average molecular weight is 1110 g/mol. The maximum Gasteiger partial charge on any atom is 0.335 e. The number of alkyl halides is 1. The minimum Gasteiger partial charge on any atom is -0.467 e. The molecule has 21 atom stereocenters. The molecule has 9 rings (SSSR count). The summed E-state index contributed by atoms with van der Waals surface area (Å²) in [7, 11) is 4.67. The molecule has 436 valence electrons. The Morgan fingerprint density at radius 1 is 0.727 bits per heavy atom. The quantitative estimate of drug-likeness (QED) is 0.131. The van der Waals surface area contributed by atoms with Crippen LogP contribution in [-0.2, 0) is 75.9 Å². The zero-order valence-electron chi connectivity index (χ0n) is 47.4. The molecular weight excluding hydrogens is 1020 g/mol. The summed E-state index contributed by atoms with van der Waals surface area (Å²) in [6.07, 6.45) is 16.7. The lowest BCUT2D eigenvalue weighted by atomic mass is 9.82. The number of carbonyl (C=O) groups excluding carboxylic acids is 2. The summed E-state index contributed by atoms with van der Waals surface area (Å²) in [5, 5.41) is 9.54. The first-order valence-corrected chi connectivity index (χ1v) is 29.5. The molecule has 18 heteroatoms. The molecule has 9 aliphatic rings. The first-order valence-electron chi connectivity index (χ1n) is 29.1. The molecule has 0 saturated carbocycles.